The molecular formula is C9H17N3O2. The van der Waals surface area contributed by atoms with E-state index in [0.29, 0.717) is 11.8 Å². The molecule has 0 spiro atoms. The largest absolute Gasteiger partial charge is 0.394 e. The zero-order chi connectivity index (χ0) is 10.8. The lowest BCUT2D eigenvalue weighted by atomic mass is 9.87. The summed E-state index contributed by atoms with van der Waals surface area (Å²) in [5.41, 5.74) is -0.0584. The topological polar surface area (TPSA) is 71.2 Å². The van der Waals surface area contributed by atoms with Gasteiger partial charge >= 0.3 is 6.01 Å². The van der Waals surface area contributed by atoms with Crippen molar-refractivity contribution >= 4 is 6.01 Å². The third-order valence-corrected chi connectivity index (χ3v) is 2.05. The number of anilines is 1. The Bertz CT molecular complexity index is 290. The summed E-state index contributed by atoms with van der Waals surface area (Å²) in [5.74, 6) is 0.582. The fourth-order valence-electron chi connectivity index (χ4n) is 1.04. The molecule has 0 aromatic carbocycles. The molecule has 0 aliphatic rings. The first-order chi connectivity index (χ1) is 6.43. The van der Waals surface area contributed by atoms with Crippen molar-refractivity contribution in [3.63, 3.8) is 0 Å². The molecule has 0 aliphatic heterocycles. The first-order valence-corrected chi connectivity index (χ1v) is 4.61. The Balaban J connectivity index is 2.66. The van der Waals surface area contributed by atoms with Crippen molar-refractivity contribution in [3.05, 3.63) is 5.82 Å². The van der Waals surface area contributed by atoms with E-state index in [0.717, 1.165) is 0 Å². The summed E-state index contributed by atoms with van der Waals surface area (Å²) in [6.07, 6.45) is 0. The summed E-state index contributed by atoms with van der Waals surface area (Å²) in [7, 11) is 0. The van der Waals surface area contributed by atoms with Gasteiger partial charge in [-0.1, -0.05) is 25.9 Å². The number of aliphatic hydroxyl groups excluding tert-OH is 1. The lowest BCUT2D eigenvalue weighted by Gasteiger charge is -2.28. The molecule has 0 saturated heterocycles. The molecule has 1 rings (SSSR count). The number of hydrogen-bond donors (Lipinski definition) is 2. The minimum absolute atomic E-state index is 0.0327. The van der Waals surface area contributed by atoms with Crippen LogP contribution >= 0.6 is 0 Å². The maximum atomic E-state index is 9.18. The number of nitrogens with zero attached hydrogens (tertiary/aromatic N) is 2. The van der Waals surface area contributed by atoms with E-state index >= 15 is 0 Å². The van der Waals surface area contributed by atoms with Crippen LogP contribution in [-0.2, 0) is 0 Å². The van der Waals surface area contributed by atoms with Gasteiger partial charge in [0.1, 0.15) is 0 Å². The molecule has 80 valence electrons. The summed E-state index contributed by atoms with van der Waals surface area (Å²) in [5, 5.41) is 15.8. The van der Waals surface area contributed by atoms with E-state index < -0.39 is 0 Å². The molecule has 1 heterocycles. The van der Waals surface area contributed by atoms with Crippen LogP contribution in [0.2, 0.25) is 0 Å². The van der Waals surface area contributed by atoms with E-state index in [1.807, 2.05) is 20.8 Å². The van der Waals surface area contributed by atoms with Gasteiger partial charge in [-0.25, -0.2) is 0 Å². The van der Waals surface area contributed by atoms with Gasteiger partial charge < -0.3 is 14.9 Å². The van der Waals surface area contributed by atoms with Crippen molar-refractivity contribution in [2.24, 2.45) is 5.41 Å². The quantitative estimate of drug-likeness (QED) is 0.765. The Morgan fingerprint density at radius 3 is 2.50 bits per heavy atom. The van der Waals surface area contributed by atoms with Crippen LogP contribution in [0.25, 0.3) is 0 Å². The van der Waals surface area contributed by atoms with Gasteiger partial charge in [0.25, 0.3) is 0 Å². The summed E-state index contributed by atoms with van der Waals surface area (Å²) in [4.78, 5) is 4.01. The van der Waals surface area contributed by atoms with Gasteiger partial charge in [-0.05, 0) is 12.3 Å². The van der Waals surface area contributed by atoms with Crippen molar-refractivity contribution < 1.29 is 9.63 Å². The second kappa shape index (κ2) is 3.96. The molecule has 5 nitrogen and oxygen atoms in total. The molecule has 0 amide bonds. The minimum Gasteiger partial charge on any atom is -0.394 e. The number of rotatable bonds is 3. The predicted octanol–water partition coefficient (Wildman–Crippen LogP) is 1.20. The first kappa shape index (κ1) is 11.0. The van der Waals surface area contributed by atoms with Crippen LogP contribution in [0.15, 0.2) is 4.52 Å². The van der Waals surface area contributed by atoms with E-state index in [1.165, 1.54) is 0 Å². The second-order valence-corrected chi connectivity index (χ2v) is 4.39. The van der Waals surface area contributed by atoms with E-state index in [2.05, 4.69) is 15.5 Å². The molecule has 0 aliphatic carbocycles. The first-order valence-electron chi connectivity index (χ1n) is 4.61. The summed E-state index contributed by atoms with van der Waals surface area (Å²) in [6.45, 7) is 7.88. The number of hydrogen-bond acceptors (Lipinski definition) is 5. The average Bonchev–Trinajstić information content (AvgIpc) is 2.45. The monoisotopic (exact) mass is 199 g/mol. The van der Waals surface area contributed by atoms with Crippen LogP contribution in [-0.4, -0.2) is 27.9 Å². The fraction of sp³-hybridized carbons (Fsp3) is 0.778. The van der Waals surface area contributed by atoms with Gasteiger partial charge in [0.05, 0.1) is 12.6 Å². The second-order valence-electron chi connectivity index (χ2n) is 4.39. The number of aryl methyl sites for hydroxylation is 1. The Morgan fingerprint density at radius 1 is 1.50 bits per heavy atom. The van der Waals surface area contributed by atoms with Crippen LogP contribution in [0.1, 0.15) is 26.6 Å². The lowest BCUT2D eigenvalue weighted by molar-refractivity contribution is 0.198. The minimum atomic E-state index is -0.0950. The van der Waals surface area contributed by atoms with Crippen LogP contribution in [0, 0.1) is 12.3 Å². The smallest absolute Gasteiger partial charge is 0.321 e. The van der Waals surface area contributed by atoms with Crippen molar-refractivity contribution in [2.45, 2.75) is 33.7 Å². The molecular weight excluding hydrogens is 182 g/mol. The molecule has 5 heteroatoms. The normalized spacial score (nSPS) is 14.1. The van der Waals surface area contributed by atoms with Crippen LogP contribution in [0.4, 0.5) is 6.01 Å². The highest BCUT2D eigenvalue weighted by atomic mass is 16.5. The van der Waals surface area contributed by atoms with Crippen molar-refractivity contribution in [2.75, 3.05) is 11.9 Å². The maximum Gasteiger partial charge on any atom is 0.321 e. The van der Waals surface area contributed by atoms with E-state index in [-0.39, 0.29) is 18.1 Å². The van der Waals surface area contributed by atoms with E-state index in [4.69, 9.17) is 4.52 Å². The molecule has 1 atom stereocenters. The highest BCUT2D eigenvalue weighted by Crippen LogP contribution is 2.21. The number of nitrogens with one attached hydrogen (secondary N) is 1. The van der Waals surface area contributed by atoms with Crippen molar-refractivity contribution in [3.8, 4) is 0 Å². The molecule has 1 unspecified atom stereocenters. The summed E-state index contributed by atoms with van der Waals surface area (Å²) < 4.78 is 4.91. The van der Waals surface area contributed by atoms with Gasteiger partial charge in [-0.2, -0.15) is 4.98 Å². The summed E-state index contributed by atoms with van der Waals surface area (Å²) >= 11 is 0. The fourth-order valence-corrected chi connectivity index (χ4v) is 1.04. The average molecular weight is 199 g/mol. The number of aliphatic hydroxyl groups is 1. The molecule has 1 aromatic rings. The Hall–Kier alpha value is -1.10. The lowest BCUT2D eigenvalue weighted by Crippen LogP contribution is -2.37. The van der Waals surface area contributed by atoms with Gasteiger partial charge in [0, 0.05) is 0 Å². The van der Waals surface area contributed by atoms with E-state index in [1.54, 1.807) is 6.92 Å². The van der Waals surface area contributed by atoms with Crippen molar-refractivity contribution in [1.82, 2.24) is 10.1 Å². The molecule has 0 fully saturated rings. The summed E-state index contributed by atoms with van der Waals surface area (Å²) in [6, 6.07) is 0.263. The predicted molar refractivity (Wildman–Crippen MR) is 53.0 cm³/mol. The highest BCUT2D eigenvalue weighted by Gasteiger charge is 2.25. The van der Waals surface area contributed by atoms with Crippen molar-refractivity contribution in [1.29, 1.82) is 0 Å². The highest BCUT2D eigenvalue weighted by molar-refractivity contribution is 5.21. The molecule has 14 heavy (non-hydrogen) atoms. The Morgan fingerprint density at radius 2 is 2.14 bits per heavy atom. The van der Waals surface area contributed by atoms with E-state index in [9.17, 15) is 5.11 Å². The zero-order valence-corrected chi connectivity index (χ0v) is 9.03. The third-order valence-electron chi connectivity index (χ3n) is 2.05. The zero-order valence-electron chi connectivity index (χ0n) is 9.03. The standard InChI is InChI=1S/C9H17N3O2/c1-6-10-8(14-12-6)11-7(5-13)9(2,3)4/h7,13H,5H2,1-4H3,(H,10,11,12). The van der Waals surface area contributed by atoms with Gasteiger partial charge in [0.15, 0.2) is 5.82 Å². The van der Waals surface area contributed by atoms with Gasteiger partial charge in [0.2, 0.25) is 0 Å². The molecule has 0 saturated carbocycles. The van der Waals surface area contributed by atoms with Crippen LogP contribution in [0.5, 0.6) is 0 Å². The molecule has 0 bridgehead atoms. The van der Waals surface area contributed by atoms with Gasteiger partial charge in [-0.3, -0.25) is 0 Å². The Labute approximate surface area is 83.5 Å². The number of aromatic nitrogens is 2. The third kappa shape index (κ3) is 2.70. The van der Waals surface area contributed by atoms with Crippen LogP contribution < -0.4 is 5.32 Å². The maximum absolute atomic E-state index is 9.18. The Kier molecular flexibility index (Phi) is 3.10. The van der Waals surface area contributed by atoms with Gasteiger partial charge in [-0.15, -0.1) is 0 Å². The molecule has 1 aromatic heterocycles. The molecule has 0 radical (unpaired) electrons. The van der Waals surface area contributed by atoms with Crippen LogP contribution in [0.3, 0.4) is 0 Å². The molecule has 2 N–H and O–H groups in total. The SMILES string of the molecule is Cc1noc(NC(CO)C(C)(C)C)n1.